The highest BCUT2D eigenvalue weighted by Gasteiger charge is 2.13. The van der Waals surface area contributed by atoms with Crippen molar-refractivity contribution in [2.24, 2.45) is 0 Å². The third-order valence-electron chi connectivity index (χ3n) is 4.71. The van der Waals surface area contributed by atoms with Crippen molar-refractivity contribution in [3.05, 3.63) is 0 Å². The van der Waals surface area contributed by atoms with E-state index in [0.717, 1.165) is 25.7 Å². The zero-order valence-electron chi connectivity index (χ0n) is 17.7. The van der Waals surface area contributed by atoms with Crippen LogP contribution in [0, 0.1) is 11.8 Å². The molecule has 0 aromatic heterocycles. The van der Waals surface area contributed by atoms with Crippen LogP contribution in [0.2, 0.25) is 0 Å². The maximum Gasteiger partial charge on any atom is 0.323 e. The van der Waals surface area contributed by atoms with E-state index in [1.165, 1.54) is 75.5 Å². The molecule has 0 aromatic rings. The number of carbonyl (C=O) groups excluding carboxylic acids is 1. The van der Waals surface area contributed by atoms with Gasteiger partial charge in [-0.1, -0.05) is 96.8 Å². The average molecular weight is 380 g/mol. The molecule has 0 aliphatic rings. The minimum atomic E-state index is -0.991. The van der Waals surface area contributed by atoms with Crippen LogP contribution in [0.25, 0.3) is 0 Å². The molecule has 0 radical (unpaired) electrons. The summed E-state index contributed by atoms with van der Waals surface area (Å²) < 4.78 is 0. The third-order valence-corrected chi connectivity index (χ3v) is 4.71. The standard InChI is InChI=1S/C23H41NO3/c1-3-5-6-7-8-9-10-11-12-13-14-15-16-17-18-19-22(25)24(20-4-2)21-23(26)27/h3-17,20-21H2,1-2H3,(H,26,27). The molecule has 0 aromatic carbocycles. The predicted octanol–water partition coefficient (Wildman–Crippen LogP) is 5.79. The van der Waals surface area contributed by atoms with Crippen molar-refractivity contribution in [2.75, 3.05) is 13.1 Å². The van der Waals surface area contributed by atoms with Crippen LogP contribution in [-0.4, -0.2) is 35.0 Å². The lowest BCUT2D eigenvalue weighted by Crippen LogP contribution is -2.35. The summed E-state index contributed by atoms with van der Waals surface area (Å²) >= 11 is 0. The smallest absolute Gasteiger partial charge is 0.323 e. The molecule has 0 bridgehead atoms. The molecule has 0 unspecified atom stereocenters. The molecule has 0 heterocycles. The molecule has 0 atom stereocenters. The van der Waals surface area contributed by atoms with Gasteiger partial charge in [0.15, 0.2) is 0 Å². The topological polar surface area (TPSA) is 57.6 Å². The highest BCUT2D eigenvalue weighted by Crippen LogP contribution is 2.12. The van der Waals surface area contributed by atoms with Crippen LogP contribution in [0.3, 0.4) is 0 Å². The Hall–Kier alpha value is -1.50. The second-order valence-corrected chi connectivity index (χ2v) is 7.41. The monoisotopic (exact) mass is 379 g/mol. The zero-order chi connectivity index (χ0) is 20.2. The highest BCUT2D eigenvalue weighted by molar-refractivity contribution is 5.95. The van der Waals surface area contributed by atoms with Gasteiger partial charge in [-0.25, -0.2) is 0 Å². The number of nitrogens with zero attached hydrogens (tertiary/aromatic N) is 1. The molecule has 0 saturated heterocycles. The number of aliphatic carboxylic acids is 1. The Balaban J connectivity index is 3.54. The van der Waals surface area contributed by atoms with Crippen LogP contribution >= 0.6 is 0 Å². The molecule has 0 saturated carbocycles. The zero-order valence-corrected chi connectivity index (χ0v) is 17.7. The van der Waals surface area contributed by atoms with Gasteiger partial charge in [0.05, 0.1) is 0 Å². The van der Waals surface area contributed by atoms with Crippen LogP contribution in [0.1, 0.15) is 110 Å². The van der Waals surface area contributed by atoms with Gasteiger partial charge in [0.2, 0.25) is 0 Å². The molecule has 156 valence electrons. The summed E-state index contributed by atoms with van der Waals surface area (Å²) in [5.74, 6) is 4.14. The largest absolute Gasteiger partial charge is 0.480 e. The summed E-state index contributed by atoms with van der Waals surface area (Å²) in [7, 11) is 0. The van der Waals surface area contributed by atoms with E-state index in [4.69, 9.17) is 5.11 Å². The molecule has 0 rings (SSSR count). The number of amides is 1. The normalized spacial score (nSPS) is 10.3. The van der Waals surface area contributed by atoms with Crippen LogP contribution in [0.4, 0.5) is 0 Å². The van der Waals surface area contributed by atoms with Gasteiger partial charge in [-0.3, -0.25) is 9.59 Å². The van der Waals surface area contributed by atoms with Crippen molar-refractivity contribution < 1.29 is 14.7 Å². The van der Waals surface area contributed by atoms with Crippen molar-refractivity contribution in [3.63, 3.8) is 0 Å². The van der Waals surface area contributed by atoms with Gasteiger partial charge in [0.1, 0.15) is 6.54 Å². The lowest BCUT2D eigenvalue weighted by Gasteiger charge is -2.16. The van der Waals surface area contributed by atoms with E-state index in [-0.39, 0.29) is 12.5 Å². The molecule has 0 spiro atoms. The molecule has 4 heteroatoms. The van der Waals surface area contributed by atoms with Gasteiger partial charge in [-0.2, -0.15) is 0 Å². The molecule has 0 aliphatic carbocycles. The summed E-state index contributed by atoms with van der Waals surface area (Å²) in [5, 5.41) is 8.82. The third kappa shape index (κ3) is 17.7. The Labute approximate surface area is 167 Å². The van der Waals surface area contributed by atoms with E-state index in [0.29, 0.717) is 6.54 Å². The number of hydrogen-bond acceptors (Lipinski definition) is 2. The van der Waals surface area contributed by atoms with E-state index in [1.54, 1.807) is 0 Å². The van der Waals surface area contributed by atoms with Crippen molar-refractivity contribution in [2.45, 2.75) is 110 Å². The minimum absolute atomic E-state index is 0.264. The van der Waals surface area contributed by atoms with Crippen molar-refractivity contribution in [1.82, 2.24) is 4.90 Å². The van der Waals surface area contributed by atoms with E-state index in [9.17, 15) is 9.59 Å². The van der Waals surface area contributed by atoms with Crippen LogP contribution < -0.4 is 0 Å². The van der Waals surface area contributed by atoms with Crippen LogP contribution in [0.5, 0.6) is 0 Å². The van der Waals surface area contributed by atoms with Crippen LogP contribution in [-0.2, 0) is 9.59 Å². The average Bonchev–Trinajstić information content (AvgIpc) is 2.64. The molecule has 0 fully saturated rings. The van der Waals surface area contributed by atoms with E-state index < -0.39 is 5.97 Å². The molecule has 0 aliphatic heterocycles. The Morgan fingerprint density at radius 2 is 1.22 bits per heavy atom. The quantitative estimate of drug-likeness (QED) is 0.257. The SMILES string of the molecule is CCCCCCCCCCCCCCCC#CC(=O)N(CCC)CC(=O)O. The molecular formula is C23H41NO3. The van der Waals surface area contributed by atoms with Crippen LogP contribution in [0.15, 0.2) is 0 Å². The van der Waals surface area contributed by atoms with Gasteiger partial charge in [0.25, 0.3) is 5.91 Å². The minimum Gasteiger partial charge on any atom is -0.480 e. The molecule has 4 nitrogen and oxygen atoms in total. The fourth-order valence-corrected chi connectivity index (χ4v) is 3.13. The van der Waals surface area contributed by atoms with E-state index in [1.807, 2.05) is 6.92 Å². The van der Waals surface area contributed by atoms with Gasteiger partial charge in [-0.05, 0) is 18.8 Å². The number of hydrogen-bond donors (Lipinski definition) is 1. The summed E-state index contributed by atoms with van der Waals surface area (Å²) in [6.07, 6.45) is 18.6. The molecule has 1 N–H and O–H groups in total. The fraction of sp³-hybridized carbons (Fsp3) is 0.826. The first-order chi connectivity index (χ1) is 13.1. The Morgan fingerprint density at radius 1 is 0.741 bits per heavy atom. The Bertz CT molecular complexity index is 437. The predicted molar refractivity (Wildman–Crippen MR) is 113 cm³/mol. The summed E-state index contributed by atoms with van der Waals surface area (Å²) in [4.78, 5) is 24.0. The number of carboxylic acid groups (broad SMARTS) is 1. The van der Waals surface area contributed by atoms with E-state index >= 15 is 0 Å². The van der Waals surface area contributed by atoms with Gasteiger partial charge >= 0.3 is 5.97 Å². The highest BCUT2D eigenvalue weighted by atomic mass is 16.4. The maximum atomic E-state index is 11.9. The second-order valence-electron chi connectivity index (χ2n) is 7.41. The molecule has 27 heavy (non-hydrogen) atoms. The van der Waals surface area contributed by atoms with Gasteiger partial charge in [0, 0.05) is 13.0 Å². The fourth-order valence-electron chi connectivity index (χ4n) is 3.13. The van der Waals surface area contributed by atoms with E-state index in [2.05, 4.69) is 18.8 Å². The number of carboxylic acids is 1. The van der Waals surface area contributed by atoms with Crippen molar-refractivity contribution in [1.29, 1.82) is 0 Å². The first-order valence-corrected chi connectivity index (χ1v) is 11.1. The first-order valence-electron chi connectivity index (χ1n) is 11.1. The molecule has 1 amide bonds. The Kier molecular flexibility index (Phi) is 18.2. The summed E-state index contributed by atoms with van der Waals surface area (Å²) in [5.41, 5.74) is 0. The lowest BCUT2D eigenvalue weighted by atomic mass is 10.0. The first kappa shape index (κ1) is 25.5. The Morgan fingerprint density at radius 3 is 1.67 bits per heavy atom. The van der Waals surface area contributed by atoms with Gasteiger partial charge in [-0.15, -0.1) is 0 Å². The lowest BCUT2D eigenvalue weighted by molar-refractivity contribution is -0.142. The van der Waals surface area contributed by atoms with Gasteiger partial charge < -0.3 is 10.0 Å². The summed E-state index contributed by atoms with van der Waals surface area (Å²) in [6, 6.07) is 0. The number of unbranched alkanes of at least 4 members (excludes halogenated alkanes) is 13. The van der Waals surface area contributed by atoms with Crippen molar-refractivity contribution in [3.8, 4) is 11.8 Å². The second kappa shape index (κ2) is 19.3. The maximum absolute atomic E-state index is 11.9. The van der Waals surface area contributed by atoms with Crippen molar-refractivity contribution >= 4 is 11.9 Å². The molecular weight excluding hydrogens is 338 g/mol. The number of rotatable bonds is 17. The summed E-state index contributed by atoms with van der Waals surface area (Å²) in [6.45, 7) is 4.36. The number of carbonyl (C=O) groups is 2.